The van der Waals surface area contributed by atoms with Crippen LogP contribution in [0.5, 0.6) is 0 Å². The van der Waals surface area contributed by atoms with Gasteiger partial charge in [-0.25, -0.2) is 4.89 Å². The Bertz CT molecular complexity index is 508. The first-order chi connectivity index (χ1) is 8.57. The molecule has 0 aromatic carbocycles. The lowest BCUT2D eigenvalue weighted by atomic mass is 9.89. The molecule has 0 amide bonds. The monoisotopic (exact) mass is 251 g/mol. The predicted octanol–water partition coefficient (Wildman–Crippen LogP) is 1.62. The molecule has 3 rings (SSSR count). The highest BCUT2D eigenvalue weighted by Gasteiger charge is 2.46. The predicted molar refractivity (Wildman–Crippen MR) is 58.2 cm³/mol. The van der Waals surface area contributed by atoms with Crippen LogP contribution in [0.4, 0.5) is 0 Å². The highest BCUT2D eigenvalue weighted by Crippen LogP contribution is 2.38. The number of carbonyl (C=O) groups is 1. The van der Waals surface area contributed by atoms with Gasteiger partial charge in [-0.2, -0.15) is 4.89 Å². The summed E-state index contributed by atoms with van der Waals surface area (Å²) in [7, 11) is 0. The number of hydrogen-bond donors (Lipinski definition) is 0. The van der Waals surface area contributed by atoms with Gasteiger partial charge in [-0.05, 0) is 26.0 Å². The maximum atomic E-state index is 11.4. The minimum atomic E-state index is -0.788. The van der Waals surface area contributed by atoms with Gasteiger partial charge in [-0.3, -0.25) is 4.79 Å². The molecule has 6 nitrogen and oxygen atoms in total. The minimum Gasteiger partial charge on any atom is -0.356 e. The van der Waals surface area contributed by atoms with E-state index in [1.807, 2.05) is 6.92 Å². The van der Waals surface area contributed by atoms with Gasteiger partial charge in [-0.1, -0.05) is 5.16 Å². The second-order valence-corrected chi connectivity index (χ2v) is 4.69. The lowest BCUT2D eigenvalue weighted by Gasteiger charge is -2.41. The van der Waals surface area contributed by atoms with Crippen molar-refractivity contribution in [1.82, 2.24) is 5.16 Å². The Morgan fingerprint density at radius 2 is 2.33 bits per heavy atom. The fraction of sp³-hybridized carbons (Fsp3) is 0.500. The molecule has 0 unspecified atom stereocenters. The van der Waals surface area contributed by atoms with Crippen LogP contribution in [0.15, 0.2) is 22.7 Å². The number of ether oxygens (including phenoxy) is 1. The molecule has 0 spiro atoms. The Morgan fingerprint density at radius 1 is 1.50 bits per heavy atom. The number of aryl methyl sites for hydroxylation is 1. The van der Waals surface area contributed by atoms with Crippen LogP contribution in [0, 0.1) is 6.92 Å². The van der Waals surface area contributed by atoms with Gasteiger partial charge in [0, 0.05) is 12.5 Å². The van der Waals surface area contributed by atoms with Gasteiger partial charge in [0.1, 0.15) is 11.7 Å². The molecule has 2 aliphatic rings. The third kappa shape index (κ3) is 1.88. The van der Waals surface area contributed by atoms with Crippen LogP contribution in [-0.4, -0.2) is 22.6 Å². The van der Waals surface area contributed by atoms with Crippen LogP contribution < -0.4 is 0 Å². The van der Waals surface area contributed by atoms with E-state index in [1.54, 1.807) is 19.1 Å². The molecule has 1 aromatic rings. The molecule has 96 valence electrons. The van der Waals surface area contributed by atoms with Gasteiger partial charge >= 0.3 is 0 Å². The van der Waals surface area contributed by atoms with Crippen molar-refractivity contribution in [2.24, 2.45) is 0 Å². The van der Waals surface area contributed by atoms with Crippen molar-refractivity contribution in [3.8, 4) is 0 Å². The van der Waals surface area contributed by atoms with Gasteiger partial charge in [0.05, 0.1) is 5.69 Å². The smallest absolute Gasteiger partial charge is 0.253 e. The largest absolute Gasteiger partial charge is 0.356 e. The van der Waals surface area contributed by atoms with Crippen LogP contribution in [-0.2, 0) is 19.3 Å². The highest BCUT2D eigenvalue weighted by atomic mass is 17.2. The fourth-order valence-corrected chi connectivity index (χ4v) is 2.01. The summed E-state index contributed by atoms with van der Waals surface area (Å²) in [6.07, 6.45) is 2.23. The number of nitrogens with zero attached hydrogens (tertiary/aromatic N) is 1. The van der Waals surface area contributed by atoms with Gasteiger partial charge < -0.3 is 9.26 Å². The number of carbonyl (C=O) groups excluding carboxylic acids is 1. The van der Waals surface area contributed by atoms with Crippen LogP contribution in [0.2, 0.25) is 0 Å². The van der Waals surface area contributed by atoms with E-state index in [0.717, 1.165) is 5.69 Å². The summed E-state index contributed by atoms with van der Waals surface area (Å²) in [5, 5.41) is 3.76. The van der Waals surface area contributed by atoms with Crippen molar-refractivity contribution in [2.75, 3.05) is 0 Å². The quantitative estimate of drug-likeness (QED) is 0.706. The molecule has 1 aliphatic carbocycles. The van der Waals surface area contributed by atoms with Crippen molar-refractivity contribution < 1.29 is 23.8 Å². The van der Waals surface area contributed by atoms with E-state index in [2.05, 4.69) is 5.16 Å². The van der Waals surface area contributed by atoms with Crippen molar-refractivity contribution in [3.05, 3.63) is 29.7 Å². The molecule has 0 N–H and O–H groups in total. The van der Waals surface area contributed by atoms with E-state index < -0.39 is 11.9 Å². The van der Waals surface area contributed by atoms with E-state index in [0.29, 0.717) is 5.76 Å². The zero-order chi connectivity index (χ0) is 12.8. The summed E-state index contributed by atoms with van der Waals surface area (Å²) in [6, 6.07) is 1.71. The van der Waals surface area contributed by atoms with Crippen molar-refractivity contribution >= 4 is 5.78 Å². The molecular formula is C12H13NO5. The SMILES string of the molecule is Cc1cc([C@@H]2OO[C@]3(C)C=CC(=O)C[C@@H]3O2)on1. The molecule has 1 fully saturated rings. The summed E-state index contributed by atoms with van der Waals surface area (Å²) in [6.45, 7) is 3.61. The molecule has 0 bridgehead atoms. The molecule has 6 heteroatoms. The van der Waals surface area contributed by atoms with Gasteiger partial charge in [0.25, 0.3) is 6.29 Å². The first-order valence-electron chi connectivity index (χ1n) is 5.72. The molecule has 0 saturated carbocycles. The van der Waals surface area contributed by atoms with E-state index >= 15 is 0 Å². The Kier molecular flexibility index (Phi) is 2.58. The second kappa shape index (κ2) is 4.01. The van der Waals surface area contributed by atoms with Crippen molar-refractivity contribution in [3.63, 3.8) is 0 Å². The summed E-state index contributed by atoms with van der Waals surface area (Å²) >= 11 is 0. The molecule has 0 radical (unpaired) electrons. The number of fused-ring (bicyclic) bond motifs is 1. The van der Waals surface area contributed by atoms with E-state index in [-0.39, 0.29) is 18.3 Å². The lowest BCUT2D eigenvalue weighted by molar-refractivity contribution is -0.483. The Morgan fingerprint density at radius 3 is 3.06 bits per heavy atom. The Hall–Kier alpha value is -1.50. The van der Waals surface area contributed by atoms with Crippen molar-refractivity contribution in [1.29, 1.82) is 0 Å². The second-order valence-electron chi connectivity index (χ2n) is 4.69. The number of hydrogen-bond acceptors (Lipinski definition) is 6. The number of rotatable bonds is 1. The zero-order valence-electron chi connectivity index (χ0n) is 10.1. The third-order valence-electron chi connectivity index (χ3n) is 3.11. The standard InChI is InChI=1S/C12H13NO5/c1-7-5-9(16-13-7)11-15-10-6-8(14)3-4-12(10,2)18-17-11/h3-5,10-11H,6H2,1-2H3/t10-,11-,12+/m0/s1. The van der Waals surface area contributed by atoms with E-state index in [1.165, 1.54) is 6.08 Å². The summed E-state index contributed by atoms with van der Waals surface area (Å²) in [4.78, 5) is 21.9. The number of allylic oxidation sites excluding steroid dienone is 1. The van der Waals surface area contributed by atoms with Gasteiger partial charge in [0.2, 0.25) is 0 Å². The van der Waals surface area contributed by atoms with Gasteiger partial charge in [-0.15, -0.1) is 0 Å². The minimum absolute atomic E-state index is 0.00970. The highest BCUT2D eigenvalue weighted by molar-refractivity contribution is 5.91. The maximum Gasteiger partial charge on any atom is 0.253 e. The first kappa shape index (κ1) is 11.6. The number of aromatic nitrogens is 1. The third-order valence-corrected chi connectivity index (χ3v) is 3.11. The first-order valence-corrected chi connectivity index (χ1v) is 5.72. The molecule has 3 atom stereocenters. The Labute approximate surface area is 103 Å². The van der Waals surface area contributed by atoms with E-state index in [9.17, 15) is 4.79 Å². The summed E-state index contributed by atoms with van der Waals surface area (Å²) < 4.78 is 10.8. The number of ketones is 1. The fourth-order valence-electron chi connectivity index (χ4n) is 2.01. The average Bonchev–Trinajstić information content (AvgIpc) is 2.76. The molecule has 1 aliphatic heterocycles. The summed E-state index contributed by atoms with van der Waals surface area (Å²) in [5.74, 6) is 0.437. The van der Waals surface area contributed by atoms with Crippen LogP contribution in [0.25, 0.3) is 0 Å². The van der Waals surface area contributed by atoms with Crippen LogP contribution >= 0.6 is 0 Å². The van der Waals surface area contributed by atoms with Crippen LogP contribution in [0.1, 0.15) is 31.1 Å². The topological polar surface area (TPSA) is 70.8 Å². The normalized spacial score (nSPS) is 35.6. The lowest BCUT2D eigenvalue weighted by Crippen LogP contribution is -2.50. The molecular weight excluding hydrogens is 238 g/mol. The van der Waals surface area contributed by atoms with Crippen LogP contribution in [0.3, 0.4) is 0 Å². The molecule has 18 heavy (non-hydrogen) atoms. The maximum absolute atomic E-state index is 11.4. The van der Waals surface area contributed by atoms with Gasteiger partial charge in [0.15, 0.2) is 11.5 Å². The average molecular weight is 251 g/mol. The van der Waals surface area contributed by atoms with E-state index in [4.69, 9.17) is 19.0 Å². The summed E-state index contributed by atoms with van der Waals surface area (Å²) in [5.41, 5.74) is -0.00964. The van der Waals surface area contributed by atoms with Crippen molar-refractivity contribution in [2.45, 2.75) is 38.3 Å². The molecule has 1 aromatic heterocycles. The molecule has 1 saturated heterocycles. The molecule has 2 heterocycles. The Balaban J connectivity index is 1.81. The zero-order valence-corrected chi connectivity index (χ0v) is 10.1.